The van der Waals surface area contributed by atoms with Gasteiger partial charge in [0.25, 0.3) is 0 Å². The van der Waals surface area contributed by atoms with E-state index in [4.69, 9.17) is 5.73 Å². The molecule has 0 aromatic heterocycles. The lowest BCUT2D eigenvalue weighted by Crippen LogP contribution is -2.41. The number of hydrogen-bond donors (Lipinski definition) is 1. The van der Waals surface area contributed by atoms with Crippen molar-refractivity contribution >= 4 is 10.0 Å². The van der Waals surface area contributed by atoms with Gasteiger partial charge in [0.1, 0.15) is 0 Å². The maximum atomic E-state index is 12.0. The summed E-state index contributed by atoms with van der Waals surface area (Å²) in [4.78, 5) is 0. The number of piperidine rings is 1. The molecular formula is C15H36N2O2S. The van der Waals surface area contributed by atoms with Crippen LogP contribution in [0.15, 0.2) is 0 Å². The van der Waals surface area contributed by atoms with Crippen LogP contribution in [0.2, 0.25) is 0 Å². The van der Waals surface area contributed by atoms with E-state index in [1.54, 1.807) is 18.2 Å². The summed E-state index contributed by atoms with van der Waals surface area (Å²) in [5, 5.41) is -0.293. The van der Waals surface area contributed by atoms with Gasteiger partial charge in [-0.2, -0.15) is 0 Å². The third-order valence-electron chi connectivity index (χ3n) is 3.85. The summed E-state index contributed by atoms with van der Waals surface area (Å²) < 4.78 is 25.7. The molecule has 0 aromatic rings. The maximum absolute atomic E-state index is 12.0. The van der Waals surface area contributed by atoms with Crippen molar-refractivity contribution in [3.8, 4) is 0 Å². The van der Waals surface area contributed by atoms with E-state index in [2.05, 4.69) is 0 Å². The average molecular weight is 309 g/mol. The standard InChI is InChI=1S/C13H28N2O2S.C2H6.H2/c1-12(2)18(16,17)15-10-7-13(8-11-15)6-4-3-5-9-14;1-2;/h12-13H,3-11,14H2,1-2H3;1-2H3;1H. The molecule has 1 aliphatic rings. The zero-order valence-corrected chi connectivity index (χ0v) is 14.6. The minimum atomic E-state index is -3.04. The van der Waals surface area contributed by atoms with Crippen molar-refractivity contribution in [2.45, 2.75) is 71.5 Å². The van der Waals surface area contributed by atoms with E-state index in [-0.39, 0.29) is 6.68 Å². The van der Waals surface area contributed by atoms with E-state index >= 15 is 0 Å². The molecule has 0 aliphatic carbocycles. The molecule has 124 valence electrons. The first-order valence-corrected chi connectivity index (χ1v) is 9.67. The molecule has 1 rings (SSSR count). The lowest BCUT2D eigenvalue weighted by atomic mass is 9.92. The van der Waals surface area contributed by atoms with Crippen LogP contribution in [0.4, 0.5) is 0 Å². The minimum Gasteiger partial charge on any atom is -0.330 e. The van der Waals surface area contributed by atoms with Gasteiger partial charge in [-0.15, -0.1) is 0 Å². The fourth-order valence-corrected chi connectivity index (χ4v) is 3.82. The molecule has 0 unspecified atom stereocenters. The lowest BCUT2D eigenvalue weighted by Gasteiger charge is -2.32. The summed E-state index contributed by atoms with van der Waals surface area (Å²) in [5.41, 5.74) is 5.47. The second kappa shape index (κ2) is 10.6. The van der Waals surface area contributed by atoms with Crippen molar-refractivity contribution in [3.05, 3.63) is 0 Å². The second-order valence-electron chi connectivity index (χ2n) is 5.57. The van der Waals surface area contributed by atoms with Gasteiger partial charge < -0.3 is 5.73 Å². The molecule has 0 spiro atoms. The van der Waals surface area contributed by atoms with Crippen molar-refractivity contribution < 1.29 is 9.84 Å². The highest BCUT2D eigenvalue weighted by Gasteiger charge is 2.29. The molecule has 4 nitrogen and oxygen atoms in total. The Balaban J connectivity index is 0. The number of nitrogens with two attached hydrogens (primary N) is 1. The van der Waals surface area contributed by atoms with Crippen LogP contribution in [0.5, 0.6) is 0 Å². The second-order valence-corrected chi connectivity index (χ2v) is 8.06. The molecule has 1 heterocycles. The van der Waals surface area contributed by atoms with Crippen LogP contribution in [0.1, 0.15) is 67.6 Å². The van der Waals surface area contributed by atoms with Gasteiger partial charge in [-0.3, -0.25) is 0 Å². The summed E-state index contributed by atoms with van der Waals surface area (Å²) in [7, 11) is -3.04. The van der Waals surface area contributed by atoms with Gasteiger partial charge in [-0.1, -0.05) is 33.1 Å². The number of unbranched alkanes of at least 4 members (excludes halogenated alkanes) is 2. The zero-order chi connectivity index (χ0) is 15.6. The summed E-state index contributed by atoms with van der Waals surface area (Å²) in [6.45, 7) is 9.72. The Bertz CT molecular complexity index is 327. The number of rotatable bonds is 7. The highest BCUT2D eigenvalue weighted by atomic mass is 32.2. The van der Waals surface area contributed by atoms with Gasteiger partial charge in [-0.25, -0.2) is 12.7 Å². The highest BCUT2D eigenvalue weighted by Crippen LogP contribution is 2.25. The third-order valence-corrected chi connectivity index (χ3v) is 6.12. The Kier molecular flexibility index (Phi) is 10.5. The molecule has 1 saturated heterocycles. The molecule has 0 bridgehead atoms. The summed E-state index contributed by atoms with van der Waals surface area (Å²) in [6, 6.07) is 0. The Morgan fingerprint density at radius 2 is 1.70 bits per heavy atom. The van der Waals surface area contributed by atoms with E-state index in [1.807, 2.05) is 13.8 Å². The van der Waals surface area contributed by atoms with Crippen molar-refractivity contribution in [2.24, 2.45) is 11.7 Å². The van der Waals surface area contributed by atoms with E-state index in [1.165, 1.54) is 19.3 Å². The zero-order valence-electron chi connectivity index (χ0n) is 13.8. The Labute approximate surface area is 127 Å². The van der Waals surface area contributed by atoms with Gasteiger partial charge in [0.2, 0.25) is 10.0 Å². The first-order valence-electron chi connectivity index (χ1n) is 8.17. The van der Waals surface area contributed by atoms with Crippen LogP contribution >= 0.6 is 0 Å². The van der Waals surface area contributed by atoms with Gasteiger partial charge in [0.05, 0.1) is 5.25 Å². The first-order chi connectivity index (χ1) is 9.48. The Morgan fingerprint density at radius 3 is 2.15 bits per heavy atom. The Hall–Kier alpha value is -0.130. The molecule has 1 aliphatic heterocycles. The van der Waals surface area contributed by atoms with Gasteiger partial charge >= 0.3 is 0 Å². The van der Waals surface area contributed by atoms with Crippen LogP contribution in [0.3, 0.4) is 0 Å². The largest absolute Gasteiger partial charge is 0.330 e. The molecular weight excluding hydrogens is 272 g/mol. The third kappa shape index (κ3) is 6.55. The molecule has 1 fully saturated rings. The molecule has 0 saturated carbocycles. The first kappa shape index (κ1) is 19.9. The quantitative estimate of drug-likeness (QED) is 0.734. The maximum Gasteiger partial charge on any atom is 0.216 e. The molecule has 0 atom stereocenters. The monoisotopic (exact) mass is 308 g/mol. The van der Waals surface area contributed by atoms with E-state index in [0.717, 1.165) is 25.8 Å². The topological polar surface area (TPSA) is 63.4 Å². The highest BCUT2D eigenvalue weighted by molar-refractivity contribution is 7.89. The van der Waals surface area contributed by atoms with Crippen LogP contribution in [0, 0.1) is 5.92 Å². The summed E-state index contributed by atoms with van der Waals surface area (Å²) >= 11 is 0. The molecule has 5 heteroatoms. The van der Waals surface area contributed by atoms with Gasteiger partial charge in [-0.05, 0) is 45.6 Å². The smallest absolute Gasteiger partial charge is 0.216 e. The van der Waals surface area contributed by atoms with Crippen molar-refractivity contribution in [2.75, 3.05) is 19.6 Å². The van der Waals surface area contributed by atoms with Crippen molar-refractivity contribution in [1.82, 2.24) is 4.31 Å². The van der Waals surface area contributed by atoms with E-state index in [9.17, 15) is 8.42 Å². The van der Waals surface area contributed by atoms with Crippen molar-refractivity contribution in [1.29, 1.82) is 0 Å². The molecule has 0 radical (unpaired) electrons. The molecule has 2 N–H and O–H groups in total. The number of nitrogens with zero attached hydrogens (tertiary/aromatic N) is 1. The van der Waals surface area contributed by atoms with Gasteiger partial charge in [0.15, 0.2) is 0 Å². The molecule has 20 heavy (non-hydrogen) atoms. The summed E-state index contributed by atoms with van der Waals surface area (Å²) in [5.74, 6) is 0.710. The van der Waals surface area contributed by atoms with E-state index in [0.29, 0.717) is 19.0 Å². The average Bonchev–Trinajstić information content (AvgIpc) is 2.46. The number of sulfonamides is 1. The van der Waals surface area contributed by atoms with Crippen LogP contribution in [-0.4, -0.2) is 37.6 Å². The predicted octanol–water partition coefficient (Wildman–Crippen LogP) is 3.23. The van der Waals surface area contributed by atoms with Crippen LogP contribution in [-0.2, 0) is 10.0 Å². The summed E-state index contributed by atoms with van der Waals surface area (Å²) in [6.07, 6.45) is 6.83. The molecule has 0 aromatic carbocycles. The number of hydrogen-bond acceptors (Lipinski definition) is 3. The fraction of sp³-hybridized carbons (Fsp3) is 1.00. The van der Waals surface area contributed by atoms with Crippen LogP contribution in [0.25, 0.3) is 0 Å². The lowest BCUT2D eigenvalue weighted by molar-refractivity contribution is 0.257. The van der Waals surface area contributed by atoms with Crippen LogP contribution < -0.4 is 5.73 Å². The normalized spacial score (nSPS) is 17.9. The van der Waals surface area contributed by atoms with Gasteiger partial charge in [0, 0.05) is 14.5 Å². The predicted molar refractivity (Wildman–Crippen MR) is 89.3 cm³/mol. The van der Waals surface area contributed by atoms with Crippen molar-refractivity contribution in [3.63, 3.8) is 0 Å². The minimum absolute atomic E-state index is 0. The Morgan fingerprint density at radius 1 is 1.15 bits per heavy atom. The fourth-order valence-electron chi connectivity index (χ4n) is 2.50. The molecule has 0 amide bonds. The van der Waals surface area contributed by atoms with E-state index < -0.39 is 10.0 Å². The SMILES string of the molecule is CC.CC(C)S(=O)(=O)N1CCC(CCCCCN)CC1.[HH].